The van der Waals surface area contributed by atoms with Gasteiger partial charge in [-0.25, -0.2) is 0 Å². The molecule has 0 aliphatic carbocycles. The molecule has 0 saturated heterocycles. The van der Waals surface area contributed by atoms with Gasteiger partial charge in [0.15, 0.2) is 5.78 Å². The highest BCUT2D eigenvalue weighted by atomic mass is 16.3. The molecule has 0 amide bonds. The molecule has 22 heavy (non-hydrogen) atoms. The van der Waals surface area contributed by atoms with Gasteiger partial charge in [-0.15, -0.1) is 13.2 Å². The highest BCUT2D eigenvalue weighted by molar-refractivity contribution is 6.12. The van der Waals surface area contributed by atoms with E-state index in [9.17, 15) is 15.0 Å². The van der Waals surface area contributed by atoms with Crippen molar-refractivity contribution in [2.75, 3.05) is 0 Å². The second-order valence-electron chi connectivity index (χ2n) is 5.02. The van der Waals surface area contributed by atoms with Crippen molar-refractivity contribution >= 4 is 5.78 Å². The third-order valence-electron chi connectivity index (χ3n) is 3.37. The van der Waals surface area contributed by atoms with Gasteiger partial charge in [0.05, 0.1) is 11.1 Å². The first kappa shape index (κ1) is 15.6. The molecule has 0 bridgehead atoms. The number of ketones is 1. The first-order valence-corrected chi connectivity index (χ1v) is 6.97. The molecule has 0 fully saturated rings. The molecule has 0 aliphatic rings. The third-order valence-corrected chi connectivity index (χ3v) is 3.37. The summed E-state index contributed by atoms with van der Waals surface area (Å²) in [5.74, 6) is -0.608. The summed E-state index contributed by atoms with van der Waals surface area (Å²) in [6.07, 6.45) is 4.67. The number of hydrogen-bond acceptors (Lipinski definition) is 3. The number of phenols is 2. The molecule has 0 saturated carbocycles. The number of carbonyl (C=O) groups is 1. The summed E-state index contributed by atoms with van der Waals surface area (Å²) < 4.78 is 0. The first-order valence-electron chi connectivity index (χ1n) is 6.97. The predicted molar refractivity (Wildman–Crippen MR) is 87.4 cm³/mol. The van der Waals surface area contributed by atoms with Crippen LogP contribution in [0.2, 0.25) is 0 Å². The summed E-state index contributed by atoms with van der Waals surface area (Å²) in [4.78, 5) is 12.5. The molecular weight excluding hydrogens is 276 g/mol. The molecule has 2 N–H and O–H groups in total. The standard InChI is InChI=1S/C19H18O3/c1-3-5-13-7-9-15(17(20)11-13)19(22)16-10-8-14(6-4-2)12-18(16)21/h3-4,7-12,20-21H,1-2,5-6H2. The Hall–Kier alpha value is -2.81. The maximum atomic E-state index is 12.5. The number of hydrogen-bond donors (Lipinski definition) is 2. The van der Waals surface area contributed by atoms with E-state index in [1.165, 1.54) is 12.1 Å². The quantitative estimate of drug-likeness (QED) is 0.629. The van der Waals surface area contributed by atoms with Crippen LogP contribution in [-0.2, 0) is 12.8 Å². The Morgan fingerprint density at radius 2 is 1.27 bits per heavy atom. The lowest BCUT2D eigenvalue weighted by Gasteiger charge is -2.08. The van der Waals surface area contributed by atoms with Crippen LogP contribution in [0.5, 0.6) is 11.5 Å². The molecule has 0 aromatic heterocycles. The highest BCUT2D eigenvalue weighted by Gasteiger charge is 2.17. The van der Waals surface area contributed by atoms with Crippen LogP contribution in [0.1, 0.15) is 27.0 Å². The van der Waals surface area contributed by atoms with Crippen LogP contribution in [0.15, 0.2) is 61.7 Å². The highest BCUT2D eigenvalue weighted by Crippen LogP contribution is 2.27. The number of rotatable bonds is 6. The van der Waals surface area contributed by atoms with Gasteiger partial charge in [0.25, 0.3) is 0 Å². The number of aromatic hydroxyl groups is 2. The van der Waals surface area contributed by atoms with Crippen molar-refractivity contribution in [1.82, 2.24) is 0 Å². The number of phenolic OH excluding ortho intramolecular Hbond substituents is 2. The van der Waals surface area contributed by atoms with Gasteiger partial charge < -0.3 is 10.2 Å². The van der Waals surface area contributed by atoms with Crippen LogP contribution >= 0.6 is 0 Å². The average Bonchev–Trinajstić information content (AvgIpc) is 2.47. The fourth-order valence-electron chi connectivity index (χ4n) is 2.27. The molecule has 0 atom stereocenters. The molecule has 3 nitrogen and oxygen atoms in total. The molecular formula is C19H18O3. The van der Waals surface area contributed by atoms with Crippen molar-refractivity contribution in [2.45, 2.75) is 12.8 Å². The average molecular weight is 294 g/mol. The second kappa shape index (κ2) is 6.76. The summed E-state index contributed by atoms with van der Waals surface area (Å²) in [5.41, 5.74) is 2.07. The molecule has 2 rings (SSSR count). The minimum absolute atomic E-state index is 0.0982. The van der Waals surface area contributed by atoms with Crippen molar-refractivity contribution in [3.05, 3.63) is 84.0 Å². The topological polar surface area (TPSA) is 57.5 Å². The van der Waals surface area contributed by atoms with Crippen molar-refractivity contribution in [2.24, 2.45) is 0 Å². The van der Waals surface area contributed by atoms with Crippen LogP contribution in [0.3, 0.4) is 0 Å². The normalized spacial score (nSPS) is 10.2. The van der Waals surface area contributed by atoms with E-state index < -0.39 is 5.78 Å². The molecule has 0 unspecified atom stereocenters. The van der Waals surface area contributed by atoms with Gasteiger partial charge in [0, 0.05) is 0 Å². The molecule has 0 heterocycles. The maximum absolute atomic E-state index is 12.5. The molecule has 0 spiro atoms. The van der Waals surface area contributed by atoms with E-state index in [2.05, 4.69) is 13.2 Å². The van der Waals surface area contributed by atoms with E-state index in [1.807, 2.05) is 0 Å². The smallest absolute Gasteiger partial charge is 0.200 e. The first-order chi connectivity index (χ1) is 10.6. The Kier molecular flexibility index (Phi) is 4.79. The van der Waals surface area contributed by atoms with Crippen molar-refractivity contribution < 1.29 is 15.0 Å². The van der Waals surface area contributed by atoms with Crippen LogP contribution in [-0.4, -0.2) is 16.0 Å². The number of carbonyl (C=O) groups excluding carboxylic acids is 1. The van der Waals surface area contributed by atoms with Crippen molar-refractivity contribution in [3.63, 3.8) is 0 Å². The third kappa shape index (κ3) is 3.26. The minimum atomic E-state index is -0.412. The zero-order valence-corrected chi connectivity index (χ0v) is 12.2. The van der Waals surface area contributed by atoms with Crippen LogP contribution in [0.4, 0.5) is 0 Å². The molecule has 0 aliphatic heterocycles. The van der Waals surface area contributed by atoms with E-state index >= 15 is 0 Å². The van der Waals surface area contributed by atoms with Crippen LogP contribution in [0, 0.1) is 0 Å². The van der Waals surface area contributed by atoms with Crippen molar-refractivity contribution in [1.29, 1.82) is 0 Å². The Labute approximate surface area is 129 Å². The van der Waals surface area contributed by atoms with Gasteiger partial charge in [-0.1, -0.05) is 24.3 Å². The minimum Gasteiger partial charge on any atom is -0.507 e. The van der Waals surface area contributed by atoms with E-state index in [0.29, 0.717) is 12.8 Å². The van der Waals surface area contributed by atoms with Gasteiger partial charge >= 0.3 is 0 Å². The molecule has 0 radical (unpaired) electrons. The Morgan fingerprint density at radius 1 is 0.864 bits per heavy atom. The lowest BCUT2D eigenvalue weighted by Crippen LogP contribution is -2.03. The van der Waals surface area contributed by atoms with Crippen LogP contribution in [0.25, 0.3) is 0 Å². The summed E-state index contributed by atoms with van der Waals surface area (Å²) >= 11 is 0. The summed E-state index contributed by atoms with van der Waals surface area (Å²) in [6, 6.07) is 9.73. The fourth-order valence-corrected chi connectivity index (χ4v) is 2.27. The Bertz CT molecular complexity index is 668. The van der Waals surface area contributed by atoms with E-state index in [4.69, 9.17) is 0 Å². The van der Waals surface area contributed by atoms with Gasteiger partial charge in [-0.2, -0.15) is 0 Å². The predicted octanol–water partition coefficient (Wildman–Crippen LogP) is 3.79. The number of benzene rings is 2. The Balaban J connectivity index is 2.35. The number of allylic oxidation sites excluding steroid dienone is 2. The lowest BCUT2D eigenvalue weighted by atomic mass is 9.98. The fraction of sp³-hybridized carbons (Fsp3) is 0.105. The van der Waals surface area contributed by atoms with E-state index in [0.717, 1.165) is 11.1 Å². The Morgan fingerprint density at radius 3 is 1.59 bits per heavy atom. The second-order valence-corrected chi connectivity index (χ2v) is 5.02. The van der Waals surface area contributed by atoms with Gasteiger partial charge in [-0.05, 0) is 48.2 Å². The van der Waals surface area contributed by atoms with Crippen LogP contribution < -0.4 is 0 Å². The summed E-state index contributed by atoms with van der Waals surface area (Å²) in [7, 11) is 0. The molecule has 112 valence electrons. The summed E-state index contributed by atoms with van der Waals surface area (Å²) in [6.45, 7) is 7.27. The maximum Gasteiger partial charge on any atom is 0.200 e. The molecule has 2 aromatic carbocycles. The van der Waals surface area contributed by atoms with E-state index in [1.54, 1.807) is 36.4 Å². The molecule has 2 aromatic rings. The molecule has 3 heteroatoms. The largest absolute Gasteiger partial charge is 0.507 e. The van der Waals surface area contributed by atoms with Gasteiger partial charge in [0.1, 0.15) is 11.5 Å². The van der Waals surface area contributed by atoms with Gasteiger partial charge in [-0.3, -0.25) is 4.79 Å². The monoisotopic (exact) mass is 294 g/mol. The SMILES string of the molecule is C=CCc1ccc(C(=O)c2ccc(CC=C)cc2O)c(O)c1. The van der Waals surface area contributed by atoms with E-state index in [-0.39, 0.29) is 22.6 Å². The zero-order chi connectivity index (χ0) is 16.1. The van der Waals surface area contributed by atoms with Crippen molar-refractivity contribution in [3.8, 4) is 11.5 Å². The lowest BCUT2D eigenvalue weighted by molar-refractivity contribution is 0.103. The zero-order valence-electron chi connectivity index (χ0n) is 12.2. The van der Waals surface area contributed by atoms with Gasteiger partial charge in [0.2, 0.25) is 0 Å². The summed E-state index contributed by atoms with van der Waals surface area (Å²) in [5, 5.41) is 20.1.